The molecule has 5 nitrogen and oxygen atoms in total. The highest BCUT2D eigenvalue weighted by atomic mass is 35.5. The van der Waals surface area contributed by atoms with Gasteiger partial charge in [-0.25, -0.2) is 9.50 Å². The number of fused-ring (bicyclic) bond motifs is 1. The molecule has 0 aliphatic carbocycles. The lowest BCUT2D eigenvalue weighted by molar-refractivity contribution is 0.103. The van der Waals surface area contributed by atoms with Gasteiger partial charge in [0.25, 0.3) is 5.91 Å². The van der Waals surface area contributed by atoms with Gasteiger partial charge in [0.1, 0.15) is 5.82 Å². The summed E-state index contributed by atoms with van der Waals surface area (Å²) in [5, 5.41) is 7.09. The van der Waals surface area contributed by atoms with Gasteiger partial charge in [-0.05, 0) is 37.6 Å². The number of nitrogens with one attached hydrogen (secondary N) is 1. The van der Waals surface area contributed by atoms with E-state index in [1.54, 1.807) is 22.8 Å². The van der Waals surface area contributed by atoms with Crippen LogP contribution in [0.3, 0.4) is 0 Å². The molecule has 1 N–H and O–H groups in total. The summed E-state index contributed by atoms with van der Waals surface area (Å²) in [7, 11) is 0. The minimum absolute atomic E-state index is 0.183. The normalized spacial score (nSPS) is 10.9. The van der Waals surface area contributed by atoms with E-state index < -0.39 is 0 Å². The van der Waals surface area contributed by atoms with Crippen molar-refractivity contribution in [1.82, 2.24) is 14.6 Å². The van der Waals surface area contributed by atoms with Crippen LogP contribution in [0.15, 0.2) is 24.4 Å². The topological polar surface area (TPSA) is 59.3 Å². The van der Waals surface area contributed by atoms with Crippen LogP contribution in [-0.2, 0) is 0 Å². The molecule has 0 saturated heterocycles. The third kappa shape index (κ3) is 2.39. The SMILES string of the molecule is Cc1nc2c(C)cc(NC(=O)c3ccc(Cl)s3)cn2n1. The quantitative estimate of drug-likeness (QED) is 0.790. The lowest BCUT2D eigenvalue weighted by Crippen LogP contribution is -2.11. The predicted octanol–water partition coefficient (Wildman–Crippen LogP) is 3.31. The Morgan fingerprint density at radius 1 is 1.40 bits per heavy atom. The van der Waals surface area contributed by atoms with Gasteiger partial charge in [0.2, 0.25) is 0 Å². The maximum Gasteiger partial charge on any atom is 0.265 e. The molecule has 0 spiro atoms. The summed E-state index contributed by atoms with van der Waals surface area (Å²) >= 11 is 7.08. The summed E-state index contributed by atoms with van der Waals surface area (Å²) in [6, 6.07) is 5.28. The first-order chi connectivity index (χ1) is 9.52. The van der Waals surface area contributed by atoms with Crippen molar-refractivity contribution < 1.29 is 4.79 Å². The molecule has 1 amide bonds. The van der Waals surface area contributed by atoms with Gasteiger partial charge in [0, 0.05) is 0 Å². The van der Waals surface area contributed by atoms with Crippen LogP contribution in [-0.4, -0.2) is 20.5 Å². The van der Waals surface area contributed by atoms with Gasteiger partial charge < -0.3 is 5.32 Å². The summed E-state index contributed by atoms with van der Waals surface area (Å²) in [5.74, 6) is 0.513. The van der Waals surface area contributed by atoms with E-state index >= 15 is 0 Å². The maximum atomic E-state index is 12.1. The number of pyridine rings is 1. The first-order valence-corrected chi connectivity index (χ1v) is 7.13. The molecule has 102 valence electrons. The standard InChI is InChI=1S/C13H11ClN4OS/c1-7-5-9(6-18-12(7)15-8(2)17-18)16-13(19)10-3-4-11(14)20-10/h3-6H,1-2H3,(H,16,19). The van der Waals surface area contributed by atoms with Crippen LogP contribution >= 0.6 is 22.9 Å². The Hall–Kier alpha value is -1.92. The highest BCUT2D eigenvalue weighted by Crippen LogP contribution is 2.23. The van der Waals surface area contributed by atoms with E-state index in [1.807, 2.05) is 19.9 Å². The van der Waals surface area contributed by atoms with Crippen LogP contribution in [0.25, 0.3) is 5.65 Å². The second-order valence-corrected chi connectivity index (χ2v) is 6.11. The van der Waals surface area contributed by atoms with E-state index in [0.717, 1.165) is 11.2 Å². The van der Waals surface area contributed by atoms with E-state index in [9.17, 15) is 4.79 Å². The summed E-state index contributed by atoms with van der Waals surface area (Å²) in [4.78, 5) is 17.0. The van der Waals surface area contributed by atoms with Crippen LogP contribution in [0.4, 0.5) is 5.69 Å². The number of hydrogen-bond donors (Lipinski definition) is 1. The summed E-state index contributed by atoms with van der Waals surface area (Å²) in [6.45, 7) is 3.76. The molecule has 0 fully saturated rings. The van der Waals surface area contributed by atoms with Gasteiger partial charge in [0.05, 0.1) is 21.1 Å². The van der Waals surface area contributed by atoms with Crippen molar-refractivity contribution in [3.05, 3.63) is 45.0 Å². The average Bonchev–Trinajstić information content (AvgIpc) is 2.95. The van der Waals surface area contributed by atoms with Crippen LogP contribution in [0.1, 0.15) is 21.1 Å². The molecule has 0 radical (unpaired) electrons. The van der Waals surface area contributed by atoms with E-state index in [2.05, 4.69) is 15.4 Å². The number of carbonyl (C=O) groups excluding carboxylic acids is 1. The van der Waals surface area contributed by atoms with Crippen LogP contribution in [0, 0.1) is 13.8 Å². The zero-order valence-electron chi connectivity index (χ0n) is 10.8. The zero-order chi connectivity index (χ0) is 14.3. The Kier molecular flexibility index (Phi) is 3.19. The Bertz CT molecular complexity index is 808. The van der Waals surface area contributed by atoms with Gasteiger partial charge >= 0.3 is 0 Å². The lowest BCUT2D eigenvalue weighted by Gasteiger charge is -2.05. The largest absolute Gasteiger partial charge is 0.320 e. The van der Waals surface area contributed by atoms with Crippen molar-refractivity contribution in [3.63, 3.8) is 0 Å². The van der Waals surface area contributed by atoms with Crippen LogP contribution in [0.5, 0.6) is 0 Å². The average molecular weight is 307 g/mol. The highest BCUT2D eigenvalue weighted by molar-refractivity contribution is 7.18. The maximum absolute atomic E-state index is 12.1. The Morgan fingerprint density at radius 2 is 2.20 bits per heavy atom. The Labute approximate surface area is 124 Å². The molecule has 3 aromatic rings. The second kappa shape index (κ2) is 4.88. The molecular weight excluding hydrogens is 296 g/mol. The fourth-order valence-electron chi connectivity index (χ4n) is 1.95. The fourth-order valence-corrected chi connectivity index (χ4v) is 2.89. The van der Waals surface area contributed by atoms with Crippen molar-refractivity contribution in [2.75, 3.05) is 5.32 Å². The number of halogens is 1. The molecule has 3 aromatic heterocycles. The number of thiophene rings is 1. The minimum Gasteiger partial charge on any atom is -0.320 e. The molecule has 0 saturated carbocycles. The molecule has 0 aliphatic rings. The minimum atomic E-state index is -0.183. The Morgan fingerprint density at radius 3 is 2.90 bits per heavy atom. The summed E-state index contributed by atoms with van der Waals surface area (Å²) < 4.78 is 2.26. The van der Waals surface area contributed by atoms with Crippen molar-refractivity contribution in [2.45, 2.75) is 13.8 Å². The molecule has 7 heteroatoms. The molecule has 3 heterocycles. The number of rotatable bonds is 2. The molecule has 0 unspecified atom stereocenters. The van der Waals surface area contributed by atoms with E-state index in [-0.39, 0.29) is 5.91 Å². The molecule has 0 bridgehead atoms. The lowest BCUT2D eigenvalue weighted by atomic mass is 10.2. The number of aromatic nitrogens is 3. The second-order valence-electron chi connectivity index (χ2n) is 4.40. The van der Waals surface area contributed by atoms with Gasteiger partial charge in [0.15, 0.2) is 5.65 Å². The van der Waals surface area contributed by atoms with Crippen molar-refractivity contribution in [3.8, 4) is 0 Å². The first kappa shape index (κ1) is 13.1. The smallest absolute Gasteiger partial charge is 0.265 e. The van der Waals surface area contributed by atoms with Crippen LogP contribution in [0.2, 0.25) is 4.34 Å². The van der Waals surface area contributed by atoms with E-state index in [1.165, 1.54) is 11.3 Å². The number of hydrogen-bond acceptors (Lipinski definition) is 4. The van der Waals surface area contributed by atoms with Crippen LogP contribution < -0.4 is 5.32 Å². The molecule has 3 rings (SSSR count). The van der Waals surface area contributed by atoms with E-state index in [0.29, 0.717) is 20.7 Å². The number of anilines is 1. The highest BCUT2D eigenvalue weighted by Gasteiger charge is 2.11. The predicted molar refractivity (Wildman–Crippen MR) is 79.7 cm³/mol. The van der Waals surface area contributed by atoms with Crippen molar-refractivity contribution in [1.29, 1.82) is 0 Å². The monoisotopic (exact) mass is 306 g/mol. The molecular formula is C13H11ClN4OS. The van der Waals surface area contributed by atoms with Gasteiger partial charge in [-0.3, -0.25) is 4.79 Å². The summed E-state index contributed by atoms with van der Waals surface area (Å²) in [6.07, 6.45) is 1.75. The molecule has 0 aliphatic heterocycles. The van der Waals surface area contributed by atoms with Crippen molar-refractivity contribution >= 4 is 40.2 Å². The number of aryl methyl sites for hydroxylation is 2. The molecule has 20 heavy (non-hydrogen) atoms. The Balaban J connectivity index is 1.92. The molecule has 0 atom stereocenters. The zero-order valence-corrected chi connectivity index (χ0v) is 12.4. The number of carbonyl (C=O) groups is 1. The van der Waals surface area contributed by atoms with E-state index in [4.69, 9.17) is 11.6 Å². The van der Waals surface area contributed by atoms with Crippen molar-refractivity contribution in [2.24, 2.45) is 0 Å². The number of nitrogens with zero attached hydrogens (tertiary/aromatic N) is 3. The third-order valence-electron chi connectivity index (χ3n) is 2.78. The van der Waals surface area contributed by atoms with Gasteiger partial charge in [-0.15, -0.1) is 11.3 Å². The number of amides is 1. The van der Waals surface area contributed by atoms with Gasteiger partial charge in [-0.1, -0.05) is 11.6 Å². The summed E-state index contributed by atoms with van der Waals surface area (Å²) in [5.41, 5.74) is 2.42. The third-order valence-corrected chi connectivity index (χ3v) is 4.01. The fraction of sp³-hybridized carbons (Fsp3) is 0.154. The van der Waals surface area contributed by atoms with Gasteiger partial charge in [-0.2, -0.15) is 5.10 Å². The first-order valence-electron chi connectivity index (χ1n) is 5.93. The molecule has 0 aromatic carbocycles.